The molecule has 6 nitrogen and oxygen atoms in total. The summed E-state index contributed by atoms with van der Waals surface area (Å²) in [5, 5.41) is 2.67. The molecule has 0 unspecified atom stereocenters. The first-order chi connectivity index (χ1) is 10.3. The maximum absolute atomic E-state index is 13.7. The number of nitrogens with one attached hydrogen (secondary N) is 1. The van der Waals surface area contributed by atoms with Crippen LogP contribution in [0.25, 0.3) is 0 Å². The van der Waals surface area contributed by atoms with Crippen LogP contribution < -0.4 is 10.1 Å². The molecule has 0 amide bonds. The second kappa shape index (κ2) is 6.05. The van der Waals surface area contributed by atoms with E-state index in [0.29, 0.717) is 0 Å². The zero-order valence-corrected chi connectivity index (χ0v) is 12.4. The van der Waals surface area contributed by atoms with Crippen LogP contribution in [0.4, 0.5) is 10.1 Å². The van der Waals surface area contributed by atoms with Crippen molar-refractivity contribution in [1.82, 2.24) is 0 Å². The molecule has 0 atom stereocenters. The van der Waals surface area contributed by atoms with Crippen LogP contribution in [0.15, 0.2) is 30.0 Å². The molecule has 0 radical (unpaired) electrons. The van der Waals surface area contributed by atoms with Crippen LogP contribution in [0.1, 0.15) is 20.8 Å². The normalized spacial score (nSPS) is 16.6. The SMILES string of the molecule is CCOc1c(F)cccc1NC=C1C(=O)OC(C)(C)OC1=O. The number of hydrogen-bond acceptors (Lipinski definition) is 6. The number of cyclic esters (lactones) is 2. The molecule has 1 fully saturated rings. The Balaban J connectivity index is 2.24. The minimum Gasteiger partial charge on any atom is -0.489 e. The van der Waals surface area contributed by atoms with Crippen molar-refractivity contribution in [1.29, 1.82) is 0 Å². The number of hydrogen-bond donors (Lipinski definition) is 1. The first-order valence-corrected chi connectivity index (χ1v) is 6.69. The van der Waals surface area contributed by atoms with Crippen molar-refractivity contribution in [2.45, 2.75) is 26.6 Å². The number of carbonyl (C=O) groups excluding carboxylic acids is 2. The Kier molecular flexibility index (Phi) is 4.35. The fraction of sp³-hybridized carbons (Fsp3) is 0.333. The second-order valence-electron chi connectivity index (χ2n) is 4.93. The Labute approximate surface area is 126 Å². The van der Waals surface area contributed by atoms with Gasteiger partial charge in [0.25, 0.3) is 5.79 Å². The van der Waals surface area contributed by atoms with Gasteiger partial charge in [-0.15, -0.1) is 0 Å². The van der Waals surface area contributed by atoms with Crippen molar-refractivity contribution in [3.63, 3.8) is 0 Å². The van der Waals surface area contributed by atoms with Crippen molar-refractivity contribution in [2.24, 2.45) is 0 Å². The van der Waals surface area contributed by atoms with Gasteiger partial charge in [-0.3, -0.25) is 0 Å². The highest BCUT2D eigenvalue weighted by Gasteiger charge is 2.39. The van der Waals surface area contributed by atoms with E-state index >= 15 is 0 Å². The molecule has 1 aromatic rings. The summed E-state index contributed by atoms with van der Waals surface area (Å²) < 4.78 is 28.8. The summed E-state index contributed by atoms with van der Waals surface area (Å²) in [5.41, 5.74) is -0.0363. The van der Waals surface area contributed by atoms with E-state index in [2.05, 4.69) is 5.32 Å². The standard InChI is InChI=1S/C15H16FNO5/c1-4-20-12-10(16)6-5-7-11(12)17-8-9-13(18)21-15(2,3)22-14(9)19/h5-8,17H,4H2,1-3H3. The molecule has 1 heterocycles. The van der Waals surface area contributed by atoms with Gasteiger partial charge >= 0.3 is 11.9 Å². The van der Waals surface area contributed by atoms with Crippen LogP contribution in [0.2, 0.25) is 0 Å². The molecule has 118 valence electrons. The number of benzene rings is 1. The van der Waals surface area contributed by atoms with E-state index in [1.807, 2.05) is 0 Å². The average molecular weight is 309 g/mol. The summed E-state index contributed by atoms with van der Waals surface area (Å²) in [5.74, 6) is -3.49. The molecule has 1 saturated heterocycles. The van der Waals surface area contributed by atoms with E-state index in [1.54, 1.807) is 13.0 Å². The Morgan fingerprint density at radius 3 is 2.50 bits per heavy atom. The smallest absolute Gasteiger partial charge is 0.350 e. The molecule has 0 aliphatic carbocycles. The Morgan fingerprint density at radius 2 is 1.91 bits per heavy atom. The quantitative estimate of drug-likeness (QED) is 0.523. The van der Waals surface area contributed by atoms with Crippen LogP contribution in [-0.4, -0.2) is 24.3 Å². The number of ether oxygens (including phenoxy) is 3. The molecule has 1 N–H and O–H groups in total. The summed E-state index contributed by atoms with van der Waals surface area (Å²) in [7, 11) is 0. The Morgan fingerprint density at radius 1 is 1.27 bits per heavy atom. The van der Waals surface area contributed by atoms with Crippen LogP contribution in [-0.2, 0) is 19.1 Å². The zero-order valence-electron chi connectivity index (χ0n) is 12.4. The van der Waals surface area contributed by atoms with E-state index in [4.69, 9.17) is 14.2 Å². The lowest BCUT2D eigenvalue weighted by Crippen LogP contribution is -2.42. The third-order valence-electron chi connectivity index (χ3n) is 2.74. The van der Waals surface area contributed by atoms with Crippen molar-refractivity contribution in [3.8, 4) is 5.75 Å². The van der Waals surface area contributed by atoms with Gasteiger partial charge in [-0.05, 0) is 19.1 Å². The molecule has 1 aromatic carbocycles. The Hall–Kier alpha value is -2.57. The highest BCUT2D eigenvalue weighted by atomic mass is 19.1. The first-order valence-electron chi connectivity index (χ1n) is 6.69. The number of para-hydroxylation sites is 1. The lowest BCUT2D eigenvalue weighted by Gasteiger charge is -2.29. The minimum atomic E-state index is -1.30. The van der Waals surface area contributed by atoms with Gasteiger partial charge in [0.05, 0.1) is 12.3 Å². The largest absolute Gasteiger partial charge is 0.489 e. The van der Waals surface area contributed by atoms with Gasteiger partial charge in [0, 0.05) is 20.0 Å². The average Bonchev–Trinajstić information content (AvgIpc) is 2.40. The summed E-state index contributed by atoms with van der Waals surface area (Å²) in [6.07, 6.45) is 1.11. The van der Waals surface area contributed by atoms with Crippen molar-refractivity contribution >= 4 is 17.6 Å². The number of halogens is 1. The van der Waals surface area contributed by atoms with Gasteiger partial charge in [-0.1, -0.05) is 6.07 Å². The molecular formula is C15H16FNO5. The van der Waals surface area contributed by atoms with Crippen LogP contribution in [0, 0.1) is 5.82 Å². The van der Waals surface area contributed by atoms with Gasteiger partial charge in [0.2, 0.25) is 0 Å². The molecule has 0 aromatic heterocycles. The number of carbonyl (C=O) groups is 2. The van der Waals surface area contributed by atoms with Gasteiger partial charge in [-0.25, -0.2) is 14.0 Å². The number of anilines is 1. The van der Waals surface area contributed by atoms with Crippen LogP contribution >= 0.6 is 0 Å². The van der Waals surface area contributed by atoms with Crippen molar-refractivity contribution < 1.29 is 28.2 Å². The topological polar surface area (TPSA) is 73.9 Å². The maximum Gasteiger partial charge on any atom is 0.350 e. The van der Waals surface area contributed by atoms with Gasteiger partial charge in [-0.2, -0.15) is 0 Å². The zero-order chi connectivity index (χ0) is 16.3. The van der Waals surface area contributed by atoms with E-state index in [1.165, 1.54) is 26.0 Å². The number of esters is 2. The molecule has 1 aliphatic rings. The predicted molar refractivity (Wildman–Crippen MR) is 75.5 cm³/mol. The van der Waals surface area contributed by atoms with Crippen LogP contribution in [0.3, 0.4) is 0 Å². The molecule has 0 spiro atoms. The minimum absolute atomic E-state index is 0.000256. The second-order valence-corrected chi connectivity index (χ2v) is 4.93. The summed E-state index contributed by atoms with van der Waals surface area (Å²) in [6.45, 7) is 4.89. The first kappa shape index (κ1) is 15.8. The third kappa shape index (κ3) is 3.36. The molecule has 0 saturated carbocycles. The fourth-order valence-corrected chi connectivity index (χ4v) is 1.84. The van der Waals surface area contributed by atoms with E-state index in [-0.39, 0.29) is 23.6 Å². The highest BCUT2D eigenvalue weighted by Crippen LogP contribution is 2.29. The lowest BCUT2D eigenvalue weighted by atomic mass is 10.2. The van der Waals surface area contributed by atoms with E-state index in [9.17, 15) is 14.0 Å². The van der Waals surface area contributed by atoms with Crippen molar-refractivity contribution in [3.05, 3.63) is 35.8 Å². The highest BCUT2D eigenvalue weighted by molar-refractivity contribution is 6.15. The molecular weight excluding hydrogens is 293 g/mol. The van der Waals surface area contributed by atoms with Gasteiger partial charge < -0.3 is 19.5 Å². The summed E-state index contributed by atoms with van der Waals surface area (Å²) in [4.78, 5) is 23.6. The van der Waals surface area contributed by atoms with Crippen molar-refractivity contribution in [2.75, 3.05) is 11.9 Å². The number of rotatable bonds is 4. The molecule has 0 bridgehead atoms. The fourth-order valence-electron chi connectivity index (χ4n) is 1.84. The molecule has 22 heavy (non-hydrogen) atoms. The lowest BCUT2D eigenvalue weighted by molar-refractivity contribution is -0.222. The third-order valence-corrected chi connectivity index (χ3v) is 2.74. The van der Waals surface area contributed by atoms with E-state index < -0.39 is 23.5 Å². The molecule has 2 rings (SSSR count). The predicted octanol–water partition coefficient (Wildman–Crippen LogP) is 2.36. The Bertz CT molecular complexity index is 617. The monoisotopic (exact) mass is 309 g/mol. The van der Waals surface area contributed by atoms with Gasteiger partial charge in [0.1, 0.15) is 0 Å². The maximum atomic E-state index is 13.7. The molecule has 7 heteroatoms. The molecule has 1 aliphatic heterocycles. The van der Waals surface area contributed by atoms with Gasteiger partial charge in [0.15, 0.2) is 17.1 Å². The summed E-state index contributed by atoms with van der Waals surface area (Å²) in [6, 6.07) is 4.27. The van der Waals surface area contributed by atoms with E-state index in [0.717, 1.165) is 6.20 Å². The summed E-state index contributed by atoms with van der Waals surface area (Å²) >= 11 is 0. The van der Waals surface area contributed by atoms with Crippen LogP contribution in [0.5, 0.6) is 5.75 Å².